The van der Waals surface area contributed by atoms with E-state index in [1.54, 1.807) is 24.3 Å². The Labute approximate surface area is 152 Å². The number of carbonyl (C=O) groups excluding carboxylic acids is 1. The molecule has 0 radical (unpaired) electrons. The highest BCUT2D eigenvalue weighted by Gasteiger charge is 2.11. The maximum absolute atomic E-state index is 12.4. The number of hydrogen-bond donors (Lipinski definition) is 2. The normalized spacial score (nSPS) is 11.1. The number of nitrogens with one attached hydrogen (secondary N) is 2. The Bertz CT molecular complexity index is 997. The molecule has 3 aromatic rings. The molecule has 0 atom stereocenters. The Hall–Kier alpha value is -2.96. The number of amides is 1. The largest absolute Gasteiger partial charge is 0.322 e. The summed E-state index contributed by atoms with van der Waals surface area (Å²) in [5.74, 6) is -0.256. The molecular weight excluding hydrogens is 348 g/mol. The molecule has 3 aromatic carbocycles. The molecule has 0 saturated carbocycles. The predicted octanol–water partition coefficient (Wildman–Crippen LogP) is 3.51. The minimum Gasteiger partial charge on any atom is -0.322 e. The van der Waals surface area contributed by atoms with Gasteiger partial charge in [-0.15, -0.1) is 0 Å². The van der Waals surface area contributed by atoms with Gasteiger partial charge in [0.15, 0.2) is 0 Å². The van der Waals surface area contributed by atoms with Crippen molar-refractivity contribution in [3.8, 4) is 11.1 Å². The molecule has 0 saturated heterocycles. The van der Waals surface area contributed by atoms with Gasteiger partial charge in [-0.2, -0.15) is 0 Å². The molecule has 0 aliphatic heterocycles. The number of rotatable bonds is 5. The van der Waals surface area contributed by atoms with E-state index in [1.165, 1.54) is 19.2 Å². The summed E-state index contributed by atoms with van der Waals surface area (Å²) in [7, 11) is -2.14. The average molecular weight is 366 g/mol. The van der Waals surface area contributed by atoms with E-state index in [9.17, 15) is 13.2 Å². The van der Waals surface area contributed by atoms with E-state index in [4.69, 9.17) is 0 Å². The topological polar surface area (TPSA) is 75.3 Å². The van der Waals surface area contributed by atoms with Crippen molar-refractivity contribution in [1.29, 1.82) is 0 Å². The Balaban J connectivity index is 1.72. The van der Waals surface area contributed by atoms with Crippen molar-refractivity contribution in [3.63, 3.8) is 0 Å². The summed E-state index contributed by atoms with van der Waals surface area (Å²) >= 11 is 0. The van der Waals surface area contributed by atoms with E-state index in [1.807, 2.05) is 42.5 Å². The van der Waals surface area contributed by atoms with Gasteiger partial charge in [-0.25, -0.2) is 13.1 Å². The van der Waals surface area contributed by atoms with Gasteiger partial charge in [0.2, 0.25) is 10.0 Å². The molecule has 132 valence electrons. The molecule has 2 N–H and O–H groups in total. The Morgan fingerprint density at radius 1 is 0.769 bits per heavy atom. The average Bonchev–Trinajstić information content (AvgIpc) is 2.69. The first-order chi connectivity index (χ1) is 12.5. The molecule has 0 aromatic heterocycles. The van der Waals surface area contributed by atoms with Crippen LogP contribution in [0.3, 0.4) is 0 Å². The third-order valence-electron chi connectivity index (χ3n) is 3.95. The van der Waals surface area contributed by atoms with Gasteiger partial charge in [-0.3, -0.25) is 4.79 Å². The van der Waals surface area contributed by atoms with Gasteiger partial charge >= 0.3 is 0 Å². The Kier molecular flexibility index (Phi) is 5.16. The molecule has 0 spiro atoms. The molecule has 3 rings (SSSR count). The van der Waals surface area contributed by atoms with Crippen LogP contribution >= 0.6 is 0 Å². The van der Waals surface area contributed by atoms with E-state index in [-0.39, 0.29) is 10.8 Å². The zero-order valence-corrected chi connectivity index (χ0v) is 15.0. The fourth-order valence-electron chi connectivity index (χ4n) is 2.48. The molecule has 26 heavy (non-hydrogen) atoms. The second-order valence-electron chi connectivity index (χ2n) is 5.63. The van der Waals surface area contributed by atoms with Crippen molar-refractivity contribution >= 4 is 21.6 Å². The number of sulfonamides is 1. The van der Waals surface area contributed by atoms with Gasteiger partial charge in [0, 0.05) is 11.3 Å². The molecule has 0 aliphatic rings. The molecule has 0 fully saturated rings. The lowest BCUT2D eigenvalue weighted by Crippen LogP contribution is -2.18. The van der Waals surface area contributed by atoms with Gasteiger partial charge in [-0.1, -0.05) is 42.5 Å². The summed E-state index contributed by atoms with van der Waals surface area (Å²) < 4.78 is 25.7. The smallest absolute Gasteiger partial charge is 0.255 e. The van der Waals surface area contributed by atoms with Crippen LogP contribution in [0, 0.1) is 0 Å². The maximum Gasteiger partial charge on any atom is 0.255 e. The third kappa shape index (κ3) is 3.99. The first kappa shape index (κ1) is 17.8. The van der Waals surface area contributed by atoms with Crippen LogP contribution in [0.1, 0.15) is 10.4 Å². The van der Waals surface area contributed by atoms with E-state index in [2.05, 4.69) is 10.0 Å². The molecular formula is C20H18N2O3S. The number of carbonyl (C=O) groups is 1. The summed E-state index contributed by atoms with van der Waals surface area (Å²) in [5, 5.41) is 2.76. The summed E-state index contributed by atoms with van der Waals surface area (Å²) in [4.78, 5) is 12.5. The predicted molar refractivity (Wildman–Crippen MR) is 103 cm³/mol. The van der Waals surface area contributed by atoms with E-state index in [0.717, 1.165) is 11.1 Å². The number of hydrogen-bond acceptors (Lipinski definition) is 3. The van der Waals surface area contributed by atoms with Crippen LogP contribution < -0.4 is 10.0 Å². The summed E-state index contributed by atoms with van der Waals surface area (Å²) in [6.45, 7) is 0. The van der Waals surface area contributed by atoms with Gasteiger partial charge in [-0.05, 0) is 54.6 Å². The summed E-state index contributed by atoms with van der Waals surface area (Å²) in [6.07, 6.45) is 0. The van der Waals surface area contributed by atoms with E-state index >= 15 is 0 Å². The monoisotopic (exact) mass is 366 g/mol. The van der Waals surface area contributed by atoms with Crippen molar-refractivity contribution in [1.82, 2.24) is 4.72 Å². The van der Waals surface area contributed by atoms with E-state index in [0.29, 0.717) is 11.3 Å². The fraction of sp³-hybridized carbons (Fsp3) is 0.0500. The SMILES string of the molecule is CNS(=O)(=O)c1ccc(NC(=O)c2ccc(-c3ccccc3)cc2)cc1. The quantitative estimate of drug-likeness (QED) is 0.725. The van der Waals surface area contributed by atoms with Gasteiger partial charge < -0.3 is 5.32 Å². The second kappa shape index (κ2) is 7.51. The standard InChI is InChI=1S/C20H18N2O3S/c1-21-26(24,25)19-13-11-18(12-14-19)22-20(23)17-9-7-16(8-10-17)15-5-3-2-4-6-15/h2-14,21H,1H3,(H,22,23). The van der Waals surface area contributed by atoms with Crippen LogP contribution in [-0.2, 0) is 10.0 Å². The van der Waals surface area contributed by atoms with Crippen molar-refractivity contribution in [2.45, 2.75) is 4.90 Å². The molecule has 6 heteroatoms. The van der Waals surface area contributed by atoms with Crippen LogP contribution in [-0.4, -0.2) is 21.4 Å². The molecule has 0 unspecified atom stereocenters. The van der Waals surface area contributed by atoms with Crippen LogP contribution in [0.5, 0.6) is 0 Å². The Morgan fingerprint density at radius 2 is 1.35 bits per heavy atom. The van der Waals surface area contributed by atoms with Crippen molar-refractivity contribution in [2.24, 2.45) is 0 Å². The lowest BCUT2D eigenvalue weighted by Gasteiger charge is -2.08. The second-order valence-corrected chi connectivity index (χ2v) is 7.52. The number of anilines is 1. The lowest BCUT2D eigenvalue weighted by atomic mass is 10.0. The van der Waals surface area contributed by atoms with Crippen LogP contribution in [0.25, 0.3) is 11.1 Å². The lowest BCUT2D eigenvalue weighted by molar-refractivity contribution is 0.102. The first-order valence-corrected chi connectivity index (χ1v) is 9.48. The zero-order chi connectivity index (χ0) is 18.6. The number of benzene rings is 3. The zero-order valence-electron chi connectivity index (χ0n) is 14.1. The van der Waals surface area contributed by atoms with Crippen molar-refractivity contribution in [3.05, 3.63) is 84.4 Å². The molecule has 5 nitrogen and oxygen atoms in total. The van der Waals surface area contributed by atoms with E-state index < -0.39 is 10.0 Å². The minimum atomic E-state index is -3.49. The molecule has 0 aliphatic carbocycles. The highest BCUT2D eigenvalue weighted by molar-refractivity contribution is 7.89. The third-order valence-corrected chi connectivity index (χ3v) is 5.38. The molecule has 0 heterocycles. The first-order valence-electron chi connectivity index (χ1n) is 8.00. The van der Waals surface area contributed by atoms with Crippen molar-refractivity contribution < 1.29 is 13.2 Å². The fourth-order valence-corrected chi connectivity index (χ4v) is 3.21. The molecule has 0 bridgehead atoms. The highest BCUT2D eigenvalue weighted by atomic mass is 32.2. The van der Waals surface area contributed by atoms with Crippen molar-refractivity contribution in [2.75, 3.05) is 12.4 Å². The van der Waals surface area contributed by atoms with Gasteiger partial charge in [0.05, 0.1) is 4.90 Å². The summed E-state index contributed by atoms with van der Waals surface area (Å²) in [6, 6.07) is 23.2. The Morgan fingerprint density at radius 3 is 1.92 bits per heavy atom. The minimum absolute atomic E-state index is 0.144. The van der Waals surface area contributed by atoms with Crippen LogP contribution in [0.4, 0.5) is 5.69 Å². The maximum atomic E-state index is 12.4. The van der Waals surface area contributed by atoms with Gasteiger partial charge in [0.1, 0.15) is 0 Å². The summed E-state index contributed by atoms with van der Waals surface area (Å²) in [5.41, 5.74) is 3.17. The van der Waals surface area contributed by atoms with Crippen LogP contribution in [0.2, 0.25) is 0 Å². The van der Waals surface area contributed by atoms with Gasteiger partial charge in [0.25, 0.3) is 5.91 Å². The van der Waals surface area contributed by atoms with Crippen LogP contribution in [0.15, 0.2) is 83.8 Å². The molecule has 1 amide bonds. The highest BCUT2D eigenvalue weighted by Crippen LogP contribution is 2.20.